The molecule has 0 aliphatic carbocycles. The van der Waals surface area contributed by atoms with Crippen LogP contribution in [0.3, 0.4) is 0 Å². The van der Waals surface area contributed by atoms with Crippen LogP contribution in [0.2, 0.25) is 0 Å². The van der Waals surface area contributed by atoms with Gasteiger partial charge < -0.3 is 11.1 Å². The summed E-state index contributed by atoms with van der Waals surface area (Å²) in [6, 6.07) is 16.4. The van der Waals surface area contributed by atoms with E-state index in [4.69, 9.17) is 5.73 Å². The van der Waals surface area contributed by atoms with Crippen LogP contribution >= 0.6 is 11.3 Å². The second kappa shape index (κ2) is 4.35. The molecule has 0 atom stereocenters. The highest BCUT2D eigenvalue weighted by Gasteiger charge is 2.11. The molecule has 0 spiro atoms. The Balaban J connectivity index is 2.14. The Kier molecular flexibility index (Phi) is 2.68. The number of fused-ring (bicyclic) bond motifs is 1. The lowest BCUT2D eigenvalue weighted by Gasteiger charge is -2.07. The highest BCUT2D eigenvalue weighted by molar-refractivity contribution is 7.23. The molecule has 1 aromatic heterocycles. The Hall–Kier alpha value is -2.00. The number of nitrogens with two attached hydrogens (primary N) is 1. The second-order valence-corrected chi connectivity index (χ2v) is 5.36. The van der Waals surface area contributed by atoms with E-state index in [1.165, 1.54) is 15.6 Å². The first-order chi connectivity index (χ1) is 8.75. The van der Waals surface area contributed by atoms with Crippen molar-refractivity contribution in [3.05, 3.63) is 54.1 Å². The molecule has 3 aromatic rings. The number of aryl methyl sites for hydroxylation is 1. The quantitative estimate of drug-likeness (QED) is 0.704. The van der Waals surface area contributed by atoms with Gasteiger partial charge in [-0.2, -0.15) is 0 Å². The van der Waals surface area contributed by atoms with Gasteiger partial charge in [0.25, 0.3) is 0 Å². The van der Waals surface area contributed by atoms with Gasteiger partial charge in [-0.05, 0) is 30.7 Å². The number of nitrogens with one attached hydrogen (secondary N) is 1. The number of benzene rings is 2. The number of rotatable bonds is 2. The van der Waals surface area contributed by atoms with E-state index < -0.39 is 0 Å². The molecule has 2 aromatic carbocycles. The normalized spacial score (nSPS) is 10.7. The molecule has 3 rings (SSSR count). The highest BCUT2D eigenvalue weighted by Crippen LogP contribution is 2.41. The number of hydrogen-bond acceptors (Lipinski definition) is 3. The van der Waals surface area contributed by atoms with Crippen LogP contribution < -0.4 is 11.1 Å². The summed E-state index contributed by atoms with van der Waals surface area (Å²) in [4.78, 5) is 0. The van der Waals surface area contributed by atoms with Crippen molar-refractivity contribution in [1.29, 1.82) is 0 Å². The van der Waals surface area contributed by atoms with Crippen LogP contribution in [0.4, 0.5) is 16.4 Å². The van der Waals surface area contributed by atoms with Crippen LogP contribution in [-0.4, -0.2) is 0 Å². The van der Waals surface area contributed by atoms with Crippen molar-refractivity contribution in [1.82, 2.24) is 0 Å². The van der Waals surface area contributed by atoms with Crippen LogP contribution in [0, 0.1) is 6.92 Å². The van der Waals surface area contributed by atoms with E-state index in [9.17, 15) is 0 Å². The zero-order valence-electron chi connectivity index (χ0n) is 10.1. The van der Waals surface area contributed by atoms with Gasteiger partial charge in [0.1, 0.15) is 5.00 Å². The lowest BCUT2D eigenvalue weighted by Crippen LogP contribution is -1.93. The second-order valence-electron chi connectivity index (χ2n) is 4.28. The summed E-state index contributed by atoms with van der Waals surface area (Å²) in [5, 5.41) is 5.48. The molecule has 0 bridgehead atoms. The van der Waals surface area contributed by atoms with Gasteiger partial charge in [-0.3, -0.25) is 0 Å². The fourth-order valence-electron chi connectivity index (χ4n) is 2.13. The molecule has 90 valence electrons. The van der Waals surface area contributed by atoms with Gasteiger partial charge in [0.15, 0.2) is 0 Å². The van der Waals surface area contributed by atoms with Gasteiger partial charge >= 0.3 is 0 Å². The molecule has 3 N–H and O–H groups in total. The predicted octanol–water partition coefficient (Wildman–Crippen LogP) is 4.54. The molecule has 0 saturated heterocycles. The van der Waals surface area contributed by atoms with E-state index in [1.54, 1.807) is 11.3 Å². The van der Waals surface area contributed by atoms with Crippen molar-refractivity contribution in [2.24, 2.45) is 0 Å². The number of anilines is 3. The van der Waals surface area contributed by atoms with Gasteiger partial charge in [0, 0.05) is 15.8 Å². The van der Waals surface area contributed by atoms with Crippen LogP contribution in [0.25, 0.3) is 10.1 Å². The molecular weight excluding hydrogens is 240 g/mol. The number of para-hydroxylation sites is 1. The van der Waals surface area contributed by atoms with Crippen LogP contribution in [0.1, 0.15) is 5.56 Å². The standard InChI is InChI=1S/C15H14N2S/c1-10-6-5-9-12-13(10)14(15(16)18-12)17-11-7-3-2-4-8-11/h2-9,17H,16H2,1H3. The van der Waals surface area contributed by atoms with E-state index in [2.05, 4.69) is 30.4 Å². The Morgan fingerprint density at radius 3 is 2.56 bits per heavy atom. The number of thiophene rings is 1. The van der Waals surface area contributed by atoms with E-state index in [1.807, 2.05) is 30.3 Å². The molecule has 0 aliphatic rings. The largest absolute Gasteiger partial charge is 0.389 e. The summed E-state index contributed by atoms with van der Waals surface area (Å²) in [5.74, 6) is 0. The summed E-state index contributed by atoms with van der Waals surface area (Å²) in [5.41, 5.74) is 9.46. The highest BCUT2D eigenvalue weighted by atomic mass is 32.1. The molecule has 0 amide bonds. The van der Waals surface area contributed by atoms with E-state index in [0.717, 1.165) is 16.4 Å². The van der Waals surface area contributed by atoms with Crippen molar-refractivity contribution < 1.29 is 0 Å². The fraction of sp³-hybridized carbons (Fsp3) is 0.0667. The molecule has 0 radical (unpaired) electrons. The summed E-state index contributed by atoms with van der Waals surface area (Å²) in [6.45, 7) is 2.12. The predicted molar refractivity (Wildman–Crippen MR) is 80.7 cm³/mol. The number of nitrogen functional groups attached to an aromatic ring is 1. The van der Waals surface area contributed by atoms with Gasteiger partial charge in [0.05, 0.1) is 5.69 Å². The molecule has 2 nitrogen and oxygen atoms in total. The summed E-state index contributed by atoms with van der Waals surface area (Å²) >= 11 is 1.63. The van der Waals surface area contributed by atoms with Gasteiger partial charge in [0.2, 0.25) is 0 Å². The lowest BCUT2D eigenvalue weighted by atomic mass is 10.1. The molecule has 0 fully saturated rings. The minimum absolute atomic E-state index is 0.836. The zero-order valence-corrected chi connectivity index (χ0v) is 10.9. The third-order valence-electron chi connectivity index (χ3n) is 2.99. The maximum Gasteiger partial charge on any atom is 0.111 e. The first-order valence-corrected chi connectivity index (χ1v) is 6.67. The monoisotopic (exact) mass is 254 g/mol. The van der Waals surface area contributed by atoms with Gasteiger partial charge in [-0.1, -0.05) is 30.3 Å². The zero-order chi connectivity index (χ0) is 12.5. The molecular formula is C15H14N2S. The van der Waals surface area contributed by atoms with E-state index in [0.29, 0.717) is 0 Å². The summed E-state index contributed by atoms with van der Waals surface area (Å²) in [7, 11) is 0. The maximum atomic E-state index is 6.13. The van der Waals surface area contributed by atoms with Crippen LogP contribution in [0.5, 0.6) is 0 Å². The summed E-state index contributed by atoms with van der Waals surface area (Å²) in [6.07, 6.45) is 0. The van der Waals surface area contributed by atoms with Crippen molar-refractivity contribution in [2.45, 2.75) is 6.92 Å². The maximum absolute atomic E-state index is 6.13. The van der Waals surface area contributed by atoms with E-state index >= 15 is 0 Å². The first kappa shape index (κ1) is 11.1. The van der Waals surface area contributed by atoms with Crippen molar-refractivity contribution in [3.8, 4) is 0 Å². The van der Waals surface area contributed by atoms with Gasteiger partial charge in [-0.15, -0.1) is 11.3 Å². The Labute approximate surface area is 110 Å². The Bertz CT molecular complexity index is 686. The molecule has 3 heteroatoms. The molecule has 0 saturated carbocycles. The minimum Gasteiger partial charge on any atom is -0.389 e. The van der Waals surface area contributed by atoms with Crippen molar-refractivity contribution >= 4 is 37.8 Å². The third kappa shape index (κ3) is 1.83. The summed E-state index contributed by atoms with van der Waals surface area (Å²) < 4.78 is 1.23. The van der Waals surface area contributed by atoms with Crippen LogP contribution in [0.15, 0.2) is 48.5 Å². The SMILES string of the molecule is Cc1cccc2sc(N)c(Nc3ccccc3)c12. The Morgan fingerprint density at radius 1 is 1.00 bits per heavy atom. The molecule has 18 heavy (non-hydrogen) atoms. The van der Waals surface area contributed by atoms with Crippen molar-refractivity contribution in [2.75, 3.05) is 11.1 Å². The molecule has 0 unspecified atom stereocenters. The molecule has 1 heterocycles. The average molecular weight is 254 g/mol. The van der Waals surface area contributed by atoms with Gasteiger partial charge in [-0.25, -0.2) is 0 Å². The Morgan fingerprint density at radius 2 is 1.78 bits per heavy atom. The van der Waals surface area contributed by atoms with Crippen LogP contribution in [-0.2, 0) is 0 Å². The molecule has 0 aliphatic heterocycles. The first-order valence-electron chi connectivity index (χ1n) is 5.85. The topological polar surface area (TPSA) is 38.0 Å². The van der Waals surface area contributed by atoms with Crippen molar-refractivity contribution in [3.63, 3.8) is 0 Å². The van der Waals surface area contributed by atoms with E-state index in [-0.39, 0.29) is 0 Å². The number of hydrogen-bond donors (Lipinski definition) is 2. The smallest absolute Gasteiger partial charge is 0.111 e. The minimum atomic E-state index is 0.836. The third-order valence-corrected chi connectivity index (χ3v) is 3.98. The average Bonchev–Trinajstić information content (AvgIpc) is 2.69. The lowest BCUT2D eigenvalue weighted by molar-refractivity contribution is 1.53. The fourth-order valence-corrected chi connectivity index (χ4v) is 3.13.